The second-order valence-corrected chi connectivity index (χ2v) is 4.33. The largest absolute Gasteiger partial charge is 0.368 e. The summed E-state index contributed by atoms with van der Waals surface area (Å²) in [4.78, 5) is 17.6. The molecule has 0 aromatic carbocycles. The lowest BCUT2D eigenvalue weighted by molar-refractivity contribution is -0.384. The first-order chi connectivity index (χ1) is 8.15. The molecule has 0 spiro atoms. The minimum Gasteiger partial charge on any atom is -0.368 e. The van der Waals surface area contributed by atoms with Gasteiger partial charge in [0.25, 0.3) is 0 Å². The number of hydrogen-bond acceptors (Lipinski definition) is 7. The summed E-state index contributed by atoms with van der Waals surface area (Å²) in [7, 11) is 0. The van der Waals surface area contributed by atoms with E-state index in [1.807, 2.05) is 6.26 Å². The predicted molar refractivity (Wildman–Crippen MR) is 69.2 cm³/mol. The highest BCUT2D eigenvalue weighted by molar-refractivity contribution is 7.98. The molecular weight excluding hydrogens is 242 g/mol. The van der Waals surface area contributed by atoms with Gasteiger partial charge in [-0.15, -0.1) is 0 Å². The Morgan fingerprint density at radius 2 is 2.35 bits per heavy atom. The highest BCUT2D eigenvalue weighted by Gasteiger charge is 2.15. The van der Waals surface area contributed by atoms with Crippen LogP contribution in [-0.4, -0.2) is 33.4 Å². The van der Waals surface area contributed by atoms with Crippen molar-refractivity contribution in [2.24, 2.45) is 0 Å². The molecule has 1 rings (SSSR count). The van der Waals surface area contributed by atoms with Gasteiger partial charge in [-0.2, -0.15) is 16.7 Å². The van der Waals surface area contributed by atoms with E-state index in [9.17, 15) is 10.1 Å². The van der Waals surface area contributed by atoms with Crippen molar-refractivity contribution in [1.82, 2.24) is 9.97 Å². The first kappa shape index (κ1) is 13.5. The number of aromatic nitrogens is 2. The van der Waals surface area contributed by atoms with E-state index in [2.05, 4.69) is 15.3 Å². The van der Waals surface area contributed by atoms with Crippen LogP contribution < -0.4 is 11.1 Å². The Morgan fingerprint density at radius 1 is 1.59 bits per heavy atom. The highest BCUT2D eigenvalue weighted by atomic mass is 32.2. The molecule has 8 heteroatoms. The molecule has 1 aromatic heterocycles. The monoisotopic (exact) mass is 257 g/mol. The van der Waals surface area contributed by atoms with Crippen molar-refractivity contribution in [3.8, 4) is 0 Å². The molecule has 0 aliphatic carbocycles. The maximum atomic E-state index is 10.7. The quantitative estimate of drug-likeness (QED) is 0.433. The van der Waals surface area contributed by atoms with Crippen molar-refractivity contribution in [3.05, 3.63) is 16.3 Å². The van der Waals surface area contributed by atoms with Crippen LogP contribution in [0, 0.1) is 10.1 Å². The van der Waals surface area contributed by atoms with Crippen molar-refractivity contribution in [2.45, 2.75) is 12.8 Å². The maximum Gasteiger partial charge on any atom is 0.329 e. The van der Waals surface area contributed by atoms with Gasteiger partial charge < -0.3 is 11.1 Å². The lowest BCUT2D eigenvalue weighted by Crippen LogP contribution is -2.08. The van der Waals surface area contributed by atoms with Gasteiger partial charge in [0.15, 0.2) is 0 Å². The van der Waals surface area contributed by atoms with Crippen LogP contribution in [0.5, 0.6) is 0 Å². The van der Waals surface area contributed by atoms with E-state index in [0.717, 1.165) is 24.8 Å². The van der Waals surface area contributed by atoms with Gasteiger partial charge >= 0.3 is 5.69 Å². The molecule has 17 heavy (non-hydrogen) atoms. The van der Waals surface area contributed by atoms with Crippen molar-refractivity contribution < 1.29 is 4.92 Å². The zero-order chi connectivity index (χ0) is 12.7. The smallest absolute Gasteiger partial charge is 0.329 e. The van der Waals surface area contributed by atoms with E-state index in [0.29, 0.717) is 6.54 Å². The summed E-state index contributed by atoms with van der Waals surface area (Å²) in [6, 6.07) is 0. The lowest BCUT2D eigenvalue weighted by Gasteiger charge is -2.05. The van der Waals surface area contributed by atoms with Crippen LogP contribution in [0.4, 0.5) is 17.5 Å². The van der Waals surface area contributed by atoms with Gasteiger partial charge in [0.1, 0.15) is 6.20 Å². The topological polar surface area (TPSA) is 107 Å². The molecule has 0 aliphatic rings. The first-order valence-corrected chi connectivity index (χ1v) is 6.54. The van der Waals surface area contributed by atoms with E-state index < -0.39 is 4.92 Å². The molecule has 0 amide bonds. The van der Waals surface area contributed by atoms with Crippen LogP contribution in [0.2, 0.25) is 0 Å². The molecular formula is C9H15N5O2S. The van der Waals surface area contributed by atoms with E-state index in [1.54, 1.807) is 11.8 Å². The summed E-state index contributed by atoms with van der Waals surface area (Å²) in [5.74, 6) is 1.30. The summed E-state index contributed by atoms with van der Waals surface area (Å²) < 4.78 is 0. The number of nitrogen functional groups attached to an aromatic ring is 1. The van der Waals surface area contributed by atoms with Crippen LogP contribution in [0.1, 0.15) is 12.8 Å². The van der Waals surface area contributed by atoms with Crippen LogP contribution in [-0.2, 0) is 0 Å². The molecule has 0 unspecified atom stereocenters. The Bertz CT molecular complexity index is 388. The average Bonchev–Trinajstić information content (AvgIpc) is 2.28. The summed E-state index contributed by atoms with van der Waals surface area (Å²) in [6.07, 6.45) is 5.15. The normalized spacial score (nSPS) is 10.2. The molecule has 3 N–H and O–H groups in total. The molecule has 7 nitrogen and oxygen atoms in total. The molecule has 0 aliphatic heterocycles. The minimum atomic E-state index is -0.524. The van der Waals surface area contributed by atoms with Gasteiger partial charge in [0.2, 0.25) is 11.8 Å². The first-order valence-electron chi connectivity index (χ1n) is 5.15. The lowest BCUT2D eigenvalue weighted by atomic mass is 10.3. The minimum absolute atomic E-state index is 0.0298. The van der Waals surface area contributed by atoms with Crippen molar-refractivity contribution in [2.75, 3.05) is 29.6 Å². The van der Waals surface area contributed by atoms with E-state index in [1.165, 1.54) is 0 Å². The van der Waals surface area contributed by atoms with Crippen molar-refractivity contribution >= 4 is 29.2 Å². The van der Waals surface area contributed by atoms with Gasteiger partial charge in [-0.3, -0.25) is 10.1 Å². The Balaban J connectivity index is 2.56. The Morgan fingerprint density at radius 3 is 3.00 bits per heavy atom. The van der Waals surface area contributed by atoms with Gasteiger partial charge in [-0.1, -0.05) is 0 Å². The molecule has 0 atom stereocenters. The van der Waals surface area contributed by atoms with Crippen LogP contribution in [0.3, 0.4) is 0 Å². The number of thioether (sulfide) groups is 1. The van der Waals surface area contributed by atoms with Crippen LogP contribution in [0.15, 0.2) is 6.20 Å². The van der Waals surface area contributed by atoms with E-state index in [-0.39, 0.29) is 17.5 Å². The predicted octanol–water partition coefficient (Wildman–Crippen LogP) is 1.52. The number of hydrogen-bond donors (Lipinski definition) is 2. The molecule has 0 fully saturated rings. The summed E-state index contributed by atoms with van der Waals surface area (Å²) in [5.41, 5.74) is 5.24. The molecule has 0 radical (unpaired) electrons. The fourth-order valence-corrected chi connectivity index (χ4v) is 1.72. The van der Waals surface area contributed by atoms with Crippen molar-refractivity contribution in [3.63, 3.8) is 0 Å². The Hall–Kier alpha value is -1.57. The Kier molecular flexibility index (Phi) is 5.47. The number of anilines is 2. The molecule has 0 bridgehead atoms. The Labute approximate surface area is 103 Å². The molecule has 0 saturated carbocycles. The molecule has 1 aromatic rings. The zero-order valence-electron chi connectivity index (χ0n) is 9.55. The highest BCUT2D eigenvalue weighted by Crippen LogP contribution is 2.20. The van der Waals surface area contributed by atoms with E-state index >= 15 is 0 Å². The fraction of sp³-hybridized carbons (Fsp3) is 0.556. The summed E-state index contributed by atoms with van der Waals surface area (Å²) >= 11 is 1.78. The van der Waals surface area contributed by atoms with Gasteiger partial charge in [-0.25, -0.2) is 4.98 Å². The van der Waals surface area contributed by atoms with Crippen LogP contribution in [0.25, 0.3) is 0 Å². The number of unbranched alkanes of at least 4 members (excludes halogenated alkanes) is 1. The fourth-order valence-electron chi connectivity index (χ4n) is 1.23. The van der Waals surface area contributed by atoms with Crippen LogP contribution >= 0.6 is 11.8 Å². The summed E-state index contributed by atoms with van der Waals surface area (Å²) in [6.45, 7) is 0.637. The number of rotatable bonds is 7. The molecule has 94 valence electrons. The maximum absolute atomic E-state index is 10.7. The zero-order valence-corrected chi connectivity index (χ0v) is 10.4. The number of nitro groups is 1. The van der Waals surface area contributed by atoms with Gasteiger partial charge in [0, 0.05) is 6.54 Å². The molecule has 1 heterocycles. The number of nitrogens with zero attached hydrogens (tertiary/aromatic N) is 3. The summed E-state index contributed by atoms with van der Waals surface area (Å²) in [5, 5.41) is 13.6. The third-order valence-corrected chi connectivity index (χ3v) is 2.75. The van der Waals surface area contributed by atoms with Gasteiger partial charge in [-0.05, 0) is 24.9 Å². The standard InChI is InChI=1S/C9H15N5O2S/c1-17-5-3-2-4-11-8-7(14(15)16)6-12-9(10)13-8/h6H,2-5H2,1H3,(H3,10,11,12,13). The average molecular weight is 257 g/mol. The second kappa shape index (κ2) is 6.89. The van der Waals surface area contributed by atoms with Crippen molar-refractivity contribution in [1.29, 1.82) is 0 Å². The number of nitrogens with two attached hydrogens (primary N) is 1. The SMILES string of the molecule is CSCCCCNc1nc(N)ncc1[N+](=O)[O-]. The third kappa shape index (κ3) is 4.43. The number of nitrogens with one attached hydrogen (secondary N) is 1. The van der Waals surface area contributed by atoms with E-state index in [4.69, 9.17) is 5.73 Å². The van der Waals surface area contributed by atoms with Gasteiger partial charge in [0.05, 0.1) is 4.92 Å². The molecule has 0 saturated heterocycles. The second-order valence-electron chi connectivity index (χ2n) is 3.35. The third-order valence-electron chi connectivity index (χ3n) is 2.05.